The van der Waals surface area contributed by atoms with Crippen molar-refractivity contribution in [2.75, 3.05) is 13.1 Å². The molecule has 1 aromatic heterocycles. The van der Waals surface area contributed by atoms with Gasteiger partial charge in [-0.1, -0.05) is 13.8 Å². The van der Waals surface area contributed by atoms with Crippen LogP contribution in [0.15, 0.2) is 10.5 Å². The van der Waals surface area contributed by atoms with E-state index in [2.05, 4.69) is 25.2 Å². The first-order chi connectivity index (χ1) is 11.2. The zero-order valence-corrected chi connectivity index (χ0v) is 15.3. The van der Waals surface area contributed by atoms with Gasteiger partial charge in [-0.3, -0.25) is 0 Å². The molecule has 0 radical (unpaired) electrons. The summed E-state index contributed by atoms with van der Waals surface area (Å²) in [6, 6.07) is 2.09. The molecule has 0 aromatic carbocycles. The van der Waals surface area contributed by atoms with E-state index in [9.17, 15) is 9.90 Å². The van der Waals surface area contributed by atoms with E-state index in [0.717, 1.165) is 55.9 Å². The Bertz CT molecular complexity index is 598. The molecule has 0 spiro atoms. The Balaban J connectivity index is 1.66. The smallest absolute Gasteiger partial charge is 0.317 e. The molecule has 2 atom stereocenters. The second kappa shape index (κ2) is 6.43. The third-order valence-electron chi connectivity index (χ3n) is 5.54. The summed E-state index contributed by atoms with van der Waals surface area (Å²) >= 11 is 0. The SMILES string of the molecule is Cc1cc2c(o1)CC(C)(C)CC2NC(=O)N1CCC(C(C)O)CC1. The molecule has 0 bridgehead atoms. The molecule has 1 fully saturated rings. The normalized spacial score (nSPS) is 25.2. The number of hydrogen-bond donors (Lipinski definition) is 2. The number of piperidine rings is 1. The lowest BCUT2D eigenvalue weighted by atomic mass is 9.75. The van der Waals surface area contributed by atoms with Gasteiger partial charge in [-0.2, -0.15) is 0 Å². The van der Waals surface area contributed by atoms with E-state index in [1.807, 2.05) is 18.7 Å². The number of likely N-dealkylation sites (tertiary alicyclic amines) is 1. The fourth-order valence-corrected chi connectivity index (χ4v) is 4.14. The zero-order valence-electron chi connectivity index (χ0n) is 15.3. The Morgan fingerprint density at radius 1 is 1.42 bits per heavy atom. The number of nitrogens with one attached hydrogen (secondary N) is 1. The molecule has 2 unspecified atom stereocenters. The maximum absolute atomic E-state index is 12.7. The largest absolute Gasteiger partial charge is 0.466 e. The van der Waals surface area contributed by atoms with E-state index in [1.54, 1.807) is 0 Å². The summed E-state index contributed by atoms with van der Waals surface area (Å²) in [6.45, 7) is 9.68. The number of rotatable bonds is 2. The highest BCUT2D eigenvalue weighted by Crippen LogP contribution is 2.42. The quantitative estimate of drug-likeness (QED) is 0.871. The van der Waals surface area contributed by atoms with Crippen molar-refractivity contribution in [2.24, 2.45) is 11.3 Å². The Morgan fingerprint density at radius 2 is 2.08 bits per heavy atom. The highest BCUT2D eigenvalue weighted by molar-refractivity contribution is 5.75. The van der Waals surface area contributed by atoms with Crippen LogP contribution >= 0.6 is 0 Å². The molecule has 2 heterocycles. The Morgan fingerprint density at radius 3 is 2.71 bits per heavy atom. The van der Waals surface area contributed by atoms with Crippen molar-refractivity contribution in [2.45, 2.75) is 65.5 Å². The van der Waals surface area contributed by atoms with Crippen molar-refractivity contribution in [1.82, 2.24) is 10.2 Å². The predicted molar refractivity (Wildman–Crippen MR) is 92.8 cm³/mol. The van der Waals surface area contributed by atoms with Crippen molar-refractivity contribution < 1.29 is 14.3 Å². The van der Waals surface area contributed by atoms with Crippen LogP contribution in [0.4, 0.5) is 4.79 Å². The number of aryl methyl sites for hydroxylation is 1. The van der Waals surface area contributed by atoms with Gasteiger partial charge in [0.25, 0.3) is 0 Å². The van der Waals surface area contributed by atoms with Crippen LogP contribution in [0.3, 0.4) is 0 Å². The van der Waals surface area contributed by atoms with E-state index in [0.29, 0.717) is 5.92 Å². The van der Waals surface area contributed by atoms with Gasteiger partial charge < -0.3 is 19.7 Å². The van der Waals surface area contributed by atoms with E-state index >= 15 is 0 Å². The fraction of sp³-hybridized carbons (Fsp3) is 0.737. The summed E-state index contributed by atoms with van der Waals surface area (Å²) in [6.07, 6.45) is 3.30. The van der Waals surface area contributed by atoms with Crippen molar-refractivity contribution in [3.8, 4) is 0 Å². The summed E-state index contributed by atoms with van der Waals surface area (Å²) in [7, 11) is 0. The number of aliphatic hydroxyl groups excluding tert-OH is 1. The van der Waals surface area contributed by atoms with Crippen molar-refractivity contribution >= 4 is 6.03 Å². The highest BCUT2D eigenvalue weighted by atomic mass is 16.3. The Kier molecular flexibility index (Phi) is 4.65. The number of hydrogen-bond acceptors (Lipinski definition) is 3. The van der Waals surface area contributed by atoms with Gasteiger partial charge in [-0.15, -0.1) is 0 Å². The van der Waals surface area contributed by atoms with E-state index < -0.39 is 0 Å². The molecule has 2 aliphatic rings. The number of aliphatic hydroxyl groups is 1. The topological polar surface area (TPSA) is 65.7 Å². The van der Waals surface area contributed by atoms with E-state index in [1.165, 1.54) is 0 Å². The van der Waals surface area contributed by atoms with Gasteiger partial charge in [0.1, 0.15) is 11.5 Å². The molecule has 24 heavy (non-hydrogen) atoms. The maximum atomic E-state index is 12.7. The molecule has 3 rings (SSSR count). The lowest BCUT2D eigenvalue weighted by molar-refractivity contribution is 0.0786. The molecular weight excluding hydrogens is 304 g/mol. The summed E-state index contributed by atoms with van der Waals surface area (Å²) < 4.78 is 5.85. The van der Waals surface area contributed by atoms with Gasteiger partial charge in [0, 0.05) is 25.1 Å². The average Bonchev–Trinajstić information content (AvgIpc) is 2.86. The van der Waals surface area contributed by atoms with Gasteiger partial charge in [0.15, 0.2) is 0 Å². The van der Waals surface area contributed by atoms with Gasteiger partial charge in [-0.25, -0.2) is 4.79 Å². The molecule has 0 saturated carbocycles. The highest BCUT2D eigenvalue weighted by Gasteiger charge is 2.36. The van der Waals surface area contributed by atoms with Gasteiger partial charge in [-0.05, 0) is 50.5 Å². The minimum absolute atomic E-state index is 0.00606. The molecule has 134 valence electrons. The second-order valence-electron chi connectivity index (χ2n) is 8.35. The number of amides is 2. The van der Waals surface area contributed by atoms with Crippen LogP contribution in [-0.4, -0.2) is 35.2 Å². The van der Waals surface area contributed by atoms with E-state index in [-0.39, 0.29) is 23.6 Å². The summed E-state index contributed by atoms with van der Waals surface area (Å²) in [4.78, 5) is 14.6. The molecule has 1 aromatic rings. The minimum atomic E-state index is -0.286. The van der Waals surface area contributed by atoms with Crippen LogP contribution in [0.5, 0.6) is 0 Å². The first-order valence-electron chi connectivity index (χ1n) is 9.08. The second-order valence-corrected chi connectivity index (χ2v) is 8.35. The fourth-order valence-electron chi connectivity index (χ4n) is 4.14. The number of furan rings is 1. The predicted octanol–water partition coefficient (Wildman–Crippen LogP) is 3.40. The van der Waals surface area contributed by atoms with Crippen LogP contribution in [0.1, 0.15) is 63.2 Å². The van der Waals surface area contributed by atoms with Crippen LogP contribution in [-0.2, 0) is 6.42 Å². The monoisotopic (exact) mass is 334 g/mol. The minimum Gasteiger partial charge on any atom is -0.466 e. The number of carbonyl (C=O) groups is 1. The van der Waals surface area contributed by atoms with Crippen molar-refractivity contribution in [3.63, 3.8) is 0 Å². The summed E-state index contributed by atoms with van der Waals surface area (Å²) in [5.74, 6) is 2.24. The van der Waals surface area contributed by atoms with Crippen LogP contribution in [0, 0.1) is 18.3 Å². The zero-order chi connectivity index (χ0) is 17.5. The van der Waals surface area contributed by atoms with Crippen molar-refractivity contribution in [3.05, 3.63) is 23.2 Å². The molecule has 1 aliphatic carbocycles. The lowest BCUT2D eigenvalue weighted by Gasteiger charge is -2.37. The van der Waals surface area contributed by atoms with Crippen LogP contribution in [0.2, 0.25) is 0 Å². The van der Waals surface area contributed by atoms with Gasteiger partial charge in [0.05, 0.1) is 12.1 Å². The van der Waals surface area contributed by atoms with E-state index in [4.69, 9.17) is 4.42 Å². The molecule has 2 N–H and O–H groups in total. The first-order valence-corrected chi connectivity index (χ1v) is 9.08. The number of carbonyl (C=O) groups excluding carboxylic acids is 1. The molecule has 1 aliphatic heterocycles. The molecular formula is C19H30N2O3. The van der Waals surface area contributed by atoms with Gasteiger partial charge in [0.2, 0.25) is 0 Å². The number of nitrogens with zero attached hydrogens (tertiary/aromatic N) is 1. The third-order valence-corrected chi connectivity index (χ3v) is 5.54. The Labute approximate surface area is 144 Å². The summed E-state index contributed by atoms with van der Waals surface area (Å²) in [5.41, 5.74) is 1.26. The van der Waals surface area contributed by atoms with Gasteiger partial charge >= 0.3 is 6.03 Å². The maximum Gasteiger partial charge on any atom is 0.317 e. The molecule has 5 heteroatoms. The lowest BCUT2D eigenvalue weighted by Crippen LogP contribution is -2.47. The van der Waals surface area contributed by atoms with Crippen LogP contribution in [0.25, 0.3) is 0 Å². The van der Waals surface area contributed by atoms with Crippen LogP contribution < -0.4 is 5.32 Å². The molecule has 1 saturated heterocycles. The summed E-state index contributed by atoms with van der Waals surface area (Å²) in [5, 5.41) is 12.9. The number of urea groups is 1. The third kappa shape index (κ3) is 3.61. The molecule has 2 amide bonds. The number of fused-ring (bicyclic) bond motifs is 1. The Hall–Kier alpha value is -1.49. The van der Waals surface area contributed by atoms with Crippen molar-refractivity contribution in [1.29, 1.82) is 0 Å². The standard InChI is InChI=1S/C19H30N2O3/c1-12-9-15-16(10-19(3,4)11-17(15)24-12)20-18(23)21-7-5-14(6-8-21)13(2)22/h9,13-14,16,22H,5-8,10-11H2,1-4H3,(H,20,23). The average molecular weight is 334 g/mol. The first kappa shape index (κ1) is 17.3. The molecule has 5 nitrogen and oxygen atoms in total.